The van der Waals surface area contributed by atoms with Crippen LogP contribution in [0.4, 0.5) is 0 Å². The minimum absolute atomic E-state index is 0.000490. The van der Waals surface area contributed by atoms with E-state index in [-0.39, 0.29) is 11.0 Å². The van der Waals surface area contributed by atoms with E-state index >= 15 is 0 Å². The lowest BCUT2D eigenvalue weighted by Gasteiger charge is -2.22. The lowest BCUT2D eigenvalue weighted by Crippen LogP contribution is -2.13. The number of rotatable bonds is 4. The van der Waals surface area contributed by atoms with E-state index in [1.807, 2.05) is 38.1 Å². The van der Waals surface area contributed by atoms with E-state index in [1.54, 1.807) is 18.2 Å². The van der Waals surface area contributed by atoms with Crippen molar-refractivity contribution in [3.8, 4) is 5.75 Å². The Morgan fingerprint density at radius 1 is 1.04 bits per heavy atom. The predicted octanol–water partition coefficient (Wildman–Crippen LogP) is 7.06. The van der Waals surface area contributed by atoms with E-state index in [0.29, 0.717) is 6.61 Å². The molecule has 138 valence electrons. The first-order valence-corrected chi connectivity index (χ1v) is 14.4. The minimum Gasteiger partial charge on any atom is -0.489 e. The molecule has 2 aromatic rings. The Morgan fingerprint density at radius 2 is 1.64 bits per heavy atom. The van der Waals surface area contributed by atoms with Crippen LogP contribution in [-0.2, 0) is 12.0 Å². The van der Waals surface area contributed by atoms with Gasteiger partial charge in [-0.2, -0.15) is 0 Å². The van der Waals surface area contributed by atoms with Crippen LogP contribution in [0.1, 0.15) is 56.1 Å². The highest BCUT2D eigenvalue weighted by Crippen LogP contribution is 2.31. The van der Waals surface area contributed by atoms with Gasteiger partial charge in [-0.05, 0) is 34.7 Å². The largest absolute Gasteiger partial charge is 0.489 e. The second-order valence-electron chi connectivity index (χ2n) is 6.04. The fraction of sp³-hybridized carbons (Fsp3) is 0.350. The number of hydrogen-bond acceptors (Lipinski definition) is 2. The smallest absolute Gasteiger partial charge is 0.335 e. The van der Waals surface area contributed by atoms with Crippen LogP contribution in [0.25, 0.3) is 0 Å². The summed E-state index contributed by atoms with van der Waals surface area (Å²) >= 11 is 4.24. The topological polar surface area (TPSA) is 46.5 Å². The second kappa shape index (κ2) is 12.5. The summed E-state index contributed by atoms with van der Waals surface area (Å²) in [5.41, 5.74) is 2.26. The summed E-state index contributed by atoms with van der Waals surface area (Å²) in [6.07, 6.45) is 0. The number of carbonyl (C=O) groups is 1. The maximum absolute atomic E-state index is 11.0. The first kappa shape index (κ1) is 24.2. The first-order valence-electron chi connectivity index (χ1n) is 8.07. The molecule has 0 unspecified atom stereocenters. The third-order valence-corrected chi connectivity index (χ3v) is 3.26. The van der Waals surface area contributed by atoms with Gasteiger partial charge in [0, 0.05) is 37.2 Å². The van der Waals surface area contributed by atoms with Gasteiger partial charge in [0.1, 0.15) is 12.4 Å². The molecule has 0 fully saturated rings. The molecule has 0 aliphatic heterocycles. The van der Waals surface area contributed by atoms with Crippen LogP contribution < -0.4 is 4.74 Å². The Hall–Kier alpha value is -0.830. The third kappa shape index (κ3) is 8.40. The highest BCUT2D eigenvalue weighted by atomic mass is 128. The SMILES string of the molecule is CC.CC(C)(C)c1ccccc1OCc1cccc(C(=O)O)c1.II. The summed E-state index contributed by atoms with van der Waals surface area (Å²) in [6, 6.07) is 14.8. The van der Waals surface area contributed by atoms with Crippen LogP contribution >= 0.6 is 37.2 Å². The van der Waals surface area contributed by atoms with Crippen molar-refractivity contribution in [1.29, 1.82) is 0 Å². The van der Waals surface area contributed by atoms with Gasteiger partial charge in [-0.3, -0.25) is 0 Å². The zero-order valence-corrected chi connectivity index (χ0v) is 19.7. The number of carboxylic acids is 1. The van der Waals surface area contributed by atoms with Crippen LogP contribution in [0.3, 0.4) is 0 Å². The monoisotopic (exact) mass is 568 g/mol. The van der Waals surface area contributed by atoms with Gasteiger partial charge in [0.2, 0.25) is 0 Å². The molecule has 0 saturated carbocycles. The van der Waals surface area contributed by atoms with Crippen molar-refractivity contribution in [3.05, 3.63) is 65.2 Å². The zero-order chi connectivity index (χ0) is 19.5. The van der Waals surface area contributed by atoms with E-state index < -0.39 is 5.97 Å². The Bertz CT molecular complexity index is 649. The van der Waals surface area contributed by atoms with Gasteiger partial charge in [0.05, 0.1) is 5.56 Å². The molecule has 2 aromatic carbocycles. The van der Waals surface area contributed by atoms with E-state index in [9.17, 15) is 4.79 Å². The quantitative estimate of drug-likeness (QED) is 0.402. The summed E-state index contributed by atoms with van der Waals surface area (Å²) in [4.78, 5) is 11.0. The maximum atomic E-state index is 11.0. The standard InChI is InChI=1S/C18H20O3.C2H6.I2/c1-18(2,3)15-9-4-5-10-16(15)21-12-13-7-6-8-14(11-13)17(19)20;2*1-2/h4-11H,12H2,1-3H3,(H,19,20);1-2H3;. The van der Waals surface area contributed by atoms with Crippen LogP contribution in [0, 0.1) is 0 Å². The number of aromatic carboxylic acids is 1. The Kier molecular flexibility index (Phi) is 12.1. The van der Waals surface area contributed by atoms with Crippen LogP contribution in [0.15, 0.2) is 48.5 Å². The summed E-state index contributed by atoms with van der Waals surface area (Å²) in [6.45, 7) is 10.8. The summed E-state index contributed by atoms with van der Waals surface area (Å²) in [5, 5.41) is 9.00. The lowest BCUT2D eigenvalue weighted by atomic mass is 9.86. The van der Waals surface area contributed by atoms with Crippen LogP contribution in [-0.4, -0.2) is 11.1 Å². The number of ether oxygens (including phenoxy) is 1. The van der Waals surface area contributed by atoms with Gasteiger partial charge in [-0.1, -0.05) is 65.0 Å². The van der Waals surface area contributed by atoms with E-state index in [0.717, 1.165) is 16.9 Å². The molecule has 3 nitrogen and oxygen atoms in total. The molecule has 2 rings (SSSR count). The highest BCUT2D eigenvalue weighted by Gasteiger charge is 2.18. The molecule has 0 amide bonds. The lowest BCUT2D eigenvalue weighted by molar-refractivity contribution is 0.0696. The molecule has 1 N–H and O–H groups in total. The van der Waals surface area contributed by atoms with Gasteiger partial charge in [-0.25, -0.2) is 4.79 Å². The molecular formula is C20H26I2O3. The number of benzene rings is 2. The summed E-state index contributed by atoms with van der Waals surface area (Å²) in [5.74, 6) is -0.0855. The maximum Gasteiger partial charge on any atom is 0.335 e. The Morgan fingerprint density at radius 3 is 2.20 bits per heavy atom. The van der Waals surface area contributed by atoms with Crippen molar-refractivity contribution in [3.63, 3.8) is 0 Å². The molecule has 0 radical (unpaired) electrons. The number of halogens is 2. The van der Waals surface area contributed by atoms with Crippen molar-refractivity contribution in [1.82, 2.24) is 0 Å². The van der Waals surface area contributed by atoms with Crippen molar-refractivity contribution < 1.29 is 14.6 Å². The van der Waals surface area contributed by atoms with E-state index in [2.05, 4.69) is 64.1 Å². The third-order valence-electron chi connectivity index (χ3n) is 3.26. The van der Waals surface area contributed by atoms with Crippen molar-refractivity contribution in [2.75, 3.05) is 0 Å². The second-order valence-corrected chi connectivity index (χ2v) is 6.04. The Labute approximate surface area is 174 Å². The summed E-state index contributed by atoms with van der Waals surface area (Å²) in [7, 11) is 0. The van der Waals surface area contributed by atoms with Gasteiger partial charge in [-0.15, -0.1) is 0 Å². The molecular weight excluding hydrogens is 542 g/mol. The average Bonchev–Trinajstić information content (AvgIpc) is 2.63. The molecule has 0 aliphatic carbocycles. The molecule has 25 heavy (non-hydrogen) atoms. The normalized spacial score (nSPS) is 9.88. The fourth-order valence-corrected chi connectivity index (χ4v) is 2.17. The fourth-order valence-electron chi connectivity index (χ4n) is 2.17. The van der Waals surface area contributed by atoms with Gasteiger partial charge < -0.3 is 9.84 Å². The van der Waals surface area contributed by atoms with E-state index in [1.165, 1.54) is 0 Å². The molecule has 5 heteroatoms. The number of hydrogen-bond donors (Lipinski definition) is 1. The van der Waals surface area contributed by atoms with E-state index in [4.69, 9.17) is 9.84 Å². The average molecular weight is 568 g/mol. The first-order chi connectivity index (χ1) is 11.9. The molecule has 0 atom stereocenters. The molecule has 0 bridgehead atoms. The highest BCUT2D eigenvalue weighted by molar-refractivity contribution is 15.0. The molecule has 0 heterocycles. The molecule has 0 saturated heterocycles. The molecule has 0 aromatic heterocycles. The van der Waals surface area contributed by atoms with Crippen molar-refractivity contribution in [2.24, 2.45) is 0 Å². The molecule has 0 spiro atoms. The van der Waals surface area contributed by atoms with Gasteiger partial charge in [0.25, 0.3) is 0 Å². The molecule has 0 aliphatic rings. The Balaban J connectivity index is 0.00000134. The number of carboxylic acid groups (broad SMARTS) is 1. The van der Waals surface area contributed by atoms with Crippen LogP contribution in [0.5, 0.6) is 5.75 Å². The van der Waals surface area contributed by atoms with Gasteiger partial charge >= 0.3 is 5.97 Å². The summed E-state index contributed by atoms with van der Waals surface area (Å²) < 4.78 is 5.89. The van der Waals surface area contributed by atoms with Crippen molar-refractivity contribution >= 4 is 43.2 Å². The van der Waals surface area contributed by atoms with Crippen molar-refractivity contribution in [2.45, 2.75) is 46.6 Å². The number of para-hydroxylation sites is 1. The zero-order valence-electron chi connectivity index (χ0n) is 15.3. The van der Waals surface area contributed by atoms with Crippen LogP contribution in [0.2, 0.25) is 0 Å². The predicted molar refractivity (Wildman–Crippen MR) is 122 cm³/mol. The van der Waals surface area contributed by atoms with Gasteiger partial charge in [0.15, 0.2) is 0 Å². The minimum atomic E-state index is -0.924.